The monoisotopic (exact) mass is 318 g/mol. The highest BCUT2D eigenvalue weighted by Gasteiger charge is 1.97. The van der Waals surface area contributed by atoms with Crippen molar-refractivity contribution in [1.29, 1.82) is 0 Å². The van der Waals surface area contributed by atoms with Gasteiger partial charge in [0.1, 0.15) is 0 Å². The molecule has 0 aromatic carbocycles. The summed E-state index contributed by atoms with van der Waals surface area (Å²) in [7, 11) is 0. The molecule has 0 heterocycles. The predicted octanol–water partition coefficient (Wildman–Crippen LogP) is 3.70. The molecule has 0 aliphatic rings. The molecule has 0 aromatic heterocycles. The maximum absolute atomic E-state index is 10.5. The van der Waals surface area contributed by atoms with Gasteiger partial charge >= 0.3 is 0 Å². The predicted molar refractivity (Wildman–Crippen MR) is 86.6 cm³/mol. The first-order valence-corrected chi connectivity index (χ1v) is 8.48. The van der Waals surface area contributed by atoms with E-state index in [0.29, 0.717) is 12.8 Å². The van der Waals surface area contributed by atoms with Crippen molar-refractivity contribution in [2.75, 3.05) is 0 Å². The molecule has 0 bridgehead atoms. The lowest BCUT2D eigenvalue weighted by Crippen LogP contribution is -2.17. The molecule has 0 aromatic rings. The van der Waals surface area contributed by atoms with Crippen LogP contribution in [0, 0.1) is 0 Å². The summed E-state index contributed by atoms with van der Waals surface area (Å²) in [5.41, 5.74) is 3.23. The number of hydroxylamine groups is 2. The molecule has 6 heteroatoms. The van der Waals surface area contributed by atoms with Crippen LogP contribution in [0.15, 0.2) is 0 Å². The Hall–Kier alpha value is -1.14. The lowest BCUT2D eigenvalue weighted by atomic mass is 10.1. The van der Waals surface area contributed by atoms with E-state index >= 15 is 0 Å². The Morgan fingerprint density at radius 1 is 0.636 bits per heavy atom. The van der Waals surface area contributed by atoms with Crippen molar-refractivity contribution < 1.29 is 20.0 Å². The van der Waals surface area contributed by atoms with E-state index in [0.717, 1.165) is 25.7 Å². The molecule has 0 rings (SSSR count). The molecule has 0 aliphatic carbocycles. The highest BCUT2D eigenvalue weighted by atomic mass is 16.5. The van der Waals surface area contributed by atoms with Crippen LogP contribution in [0.5, 0.6) is 0 Å². The van der Waals surface area contributed by atoms with Crippen LogP contribution >= 0.6 is 0 Å². The van der Waals surface area contributed by atoms with E-state index in [-0.39, 0.29) is 11.8 Å². The summed E-state index contributed by atoms with van der Waals surface area (Å²) in [6, 6.07) is 0. The quantitative estimate of drug-likeness (QED) is 0.250. The van der Waals surface area contributed by atoms with E-state index in [2.05, 4.69) is 13.8 Å². The summed E-state index contributed by atoms with van der Waals surface area (Å²) in [5, 5.41) is 16.3. The molecule has 0 saturated carbocycles. The van der Waals surface area contributed by atoms with Crippen LogP contribution in [0.2, 0.25) is 0 Å². The molecule has 4 N–H and O–H groups in total. The van der Waals surface area contributed by atoms with Crippen molar-refractivity contribution in [3.8, 4) is 0 Å². The fourth-order valence-electron chi connectivity index (χ4n) is 1.89. The highest BCUT2D eigenvalue weighted by molar-refractivity contribution is 5.74. The third-order valence-electron chi connectivity index (χ3n) is 3.26. The maximum Gasteiger partial charge on any atom is 0.243 e. The van der Waals surface area contributed by atoms with E-state index < -0.39 is 0 Å². The second-order valence-electron chi connectivity index (χ2n) is 5.40. The van der Waals surface area contributed by atoms with Gasteiger partial charge in [0.05, 0.1) is 0 Å². The van der Waals surface area contributed by atoms with Crippen molar-refractivity contribution in [3.63, 3.8) is 0 Å². The Morgan fingerprint density at radius 3 is 1.23 bits per heavy atom. The summed E-state index contributed by atoms with van der Waals surface area (Å²) in [4.78, 5) is 21.0. The summed E-state index contributed by atoms with van der Waals surface area (Å²) >= 11 is 0. The summed E-state index contributed by atoms with van der Waals surface area (Å²) in [6.45, 7) is 4.31. The zero-order valence-electron chi connectivity index (χ0n) is 14.2. The first-order chi connectivity index (χ1) is 10.6. The first kappa shape index (κ1) is 23.1. The van der Waals surface area contributed by atoms with Gasteiger partial charge in [-0.1, -0.05) is 65.2 Å². The first-order valence-electron chi connectivity index (χ1n) is 8.48. The molecule has 0 unspecified atom stereocenters. The minimum atomic E-state index is -0.276. The summed E-state index contributed by atoms with van der Waals surface area (Å²) in [5.74, 6) is -0.553. The van der Waals surface area contributed by atoms with Crippen molar-refractivity contribution in [2.45, 2.75) is 90.9 Å². The fourth-order valence-corrected chi connectivity index (χ4v) is 1.89. The normalized spacial score (nSPS) is 9.64. The van der Waals surface area contributed by atoms with Crippen LogP contribution in [0.4, 0.5) is 0 Å². The lowest BCUT2D eigenvalue weighted by molar-refractivity contribution is -0.130. The molecule has 0 fully saturated rings. The molecule has 0 atom stereocenters. The van der Waals surface area contributed by atoms with Gasteiger partial charge in [0.15, 0.2) is 0 Å². The maximum atomic E-state index is 10.5. The Balaban J connectivity index is 0. The van der Waals surface area contributed by atoms with Crippen LogP contribution in [0.3, 0.4) is 0 Å². The third-order valence-corrected chi connectivity index (χ3v) is 3.26. The largest absolute Gasteiger partial charge is 0.289 e. The lowest BCUT2D eigenvalue weighted by Gasteiger charge is -1.98. The highest BCUT2D eigenvalue weighted by Crippen LogP contribution is 2.04. The van der Waals surface area contributed by atoms with Gasteiger partial charge in [0.2, 0.25) is 11.8 Å². The second kappa shape index (κ2) is 19.9. The molecular weight excluding hydrogens is 284 g/mol. The van der Waals surface area contributed by atoms with E-state index in [4.69, 9.17) is 10.4 Å². The Morgan fingerprint density at radius 2 is 0.955 bits per heavy atom. The number of carbonyl (C=O) groups excluding carboxylic acids is 2. The fraction of sp³-hybridized carbons (Fsp3) is 0.875. The average Bonchev–Trinajstić information content (AvgIpc) is 2.54. The van der Waals surface area contributed by atoms with Gasteiger partial charge in [-0.25, -0.2) is 11.0 Å². The second-order valence-corrected chi connectivity index (χ2v) is 5.40. The summed E-state index contributed by atoms with van der Waals surface area (Å²) in [6.07, 6.45) is 12.1. The van der Waals surface area contributed by atoms with Crippen molar-refractivity contribution >= 4 is 11.8 Å². The third kappa shape index (κ3) is 21.2. The van der Waals surface area contributed by atoms with Crippen molar-refractivity contribution in [3.05, 3.63) is 0 Å². The molecular formula is C16H34N2O4. The molecule has 132 valence electrons. The SMILES string of the molecule is CCCCCCCC(=O)NO.CCCCCCCC(=O)NO. The van der Waals surface area contributed by atoms with Crippen LogP contribution < -0.4 is 11.0 Å². The molecule has 0 spiro atoms. The van der Waals surface area contributed by atoms with Gasteiger partial charge in [0.25, 0.3) is 0 Å². The zero-order valence-corrected chi connectivity index (χ0v) is 14.2. The summed E-state index contributed by atoms with van der Waals surface area (Å²) < 4.78 is 0. The zero-order chi connectivity index (χ0) is 17.1. The Kier molecular flexibility index (Phi) is 20.9. The van der Waals surface area contributed by atoms with E-state index in [1.165, 1.54) is 38.5 Å². The molecule has 0 radical (unpaired) electrons. The van der Waals surface area contributed by atoms with Crippen molar-refractivity contribution in [2.24, 2.45) is 0 Å². The molecule has 2 amide bonds. The average molecular weight is 318 g/mol. The van der Waals surface area contributed by atoms with E-state index in [1.54, 1.807) is 11.0 Å². The number of carbonyl (C=O) groups is 2. The van der Waals surface area contributed by atoms with Gasteiger partial charge in [-0.2, -0.15) is 0 Å². The number of amides is 2. The van der Waals surface area contributed by atoms with Crippen LogP contribution in [0.1, 0.15) is 90.9 Å². The van der Waals surface area contributed by atoms with E-state index in [9.17, 15) is 9.59 Å². The smallest absolute Gasteiger partial charge is 0.243 e. The topological polar surface area (TPSA) is 98.7 Å². The van der Waals surface area contributed by atoms with Crippen LogP contribution in [-0.2, 0) is 9.59 Å². The van der Waals surface area contributed by atoms with Gasteiger partial charge in [-0.3, -0.25) is 20.0 Å². The number of unbranched alkanes of at least 4 members (excludes halogenated alkanes) is 8. The molecule has 0 aliphatic heterocycles. The Bertz CT molecular complexity index is 235. The standard InChI is InChI=1S/2C8H17NO2/c2*1-2-3-4-5-6-7-8(10)9-11/h2*11H,2-7H2,1H3,(H,9,10). The minimum Gasteiger partial charge on any atom is -0.289 e. The molecule has 22 heavy (non-hydrogen) atoms. The van der Waals surface area contributed by atoms with Crippen molar-refractivity contribution in [1.82, 2.24) is 11.0 Å². The van der Waals surface area contributed by atoms with Gasteiger partial charge in [-0.15, -0.1) is 0 Å². The molecule has 0 saturated heterocycles. The number of hydrogen-bond acceptors (Lipinski definition) is 4. The van der Waals surface area contributed by atoms with Gasteiger partial charge in [-0.05, 0) is 12.8 Å². The van der Waals surface area contributed by atoms with Gasteiger partial charge in [0, 0.05) is 12.8 Å². The minimum absolute atomic E-state index is 0.276. The Labute approximate surface area is 134 Å². The van der Waals surface area contributed by atoms with Crippen LogP contribution in [0.25, 0.3) is 0 Å². The van der Waals surface area contributed by atoms with E-state index in [1.807, 2.05) is 0 Å². The number of rotatable bonds is 12. The number of hydrogen-bond donors (Lipinski definition) is 4. The number of nitrogens with one attached hydrogen (secondary N) is 2. The molecule has 6 nitrogen and oxygen atoms in total. The van der Waals surface area contributed by atoms with Gasteiger partial charge < -0.3 is 0 Å². The van der Waals surface area contributed by atoms with Crippen LogP contribution in [-0.4, -0.2) is 22.2 Å².